The lowest BCUT2D eigenvalue weighted by Gasteiger charge is -2.14. The fraction of sp³-hybridized carbons (Fsp3) is 0.333. The van der Waals surface area contributed by atoms with Crippen molar-refractivity contribution in [3.63, 3.8) is 0 Å². The van der Waals surface area contributed by atoms with Gasteiger partial charge in [0.1, 0.15) is 6.54 Å². The summed E-state index contributed by atoms with van der Waals surface area (Å²) in [4.78, 5) is 51.6. The quantitative estimate of drug-likeness (QED) is 0.119. The molecule has 0 atom stereocenters. The van der Waals surface area contributed by atoms with Gasteiger partial charge in [-0.1, -0.05) is 24.9 Å². The Balaban J connectivity index is 1.71. The number of esters is 1. The standard InChI is InChI=1S/C27H28ClIN2O7S/c1-4-7-10-38-26(34)18-14-17(8-9-19(18)28)30-23(32)15-31-25(33)22(39-27(31)35)13-16-11-20(29)24(37-6-3)21(12-16)36-5-2/h8-9,11-14H,4-7,10,15H2,1-3H3,(H,30,32)/b22-13+. The zero-order chi connectivity index (χ0) is 28.5. The number of hydrogen-bond acceptors (Lipinski definition) is 8. The first-order valence-electron chi connectivity index (χ1n) is 12.3. The molecular weight excluding hydrogens is 659 g/mol. The highest BCUT2D eigenvalue weighted by Crippen LogP contribution is 2.37. The highest BCUT2D eigenvalue weighted by molar-refractivity contribution is 14.1. The van der Waals surface area contributed by atoms with E-state index in [4.69, 9.17) is 25.8 Å². The van der Waals surface area contributed by atoms with E-state index in [0.717, 1.165) is 33.1 Å². The topological polar surface area (TPSA) is 111 Å². The second-order valence-electron chi connectivity index (χ2n) is 8.20. The number of anilines is 1. The highest BCUT2D eigenvalue weighted by atomic mass is 127. The maximum atomic E-state index is 13.0. The Morgan fingerprint density at radius 2 is 1.85 bits per heavy atom. The number of imide groups is 1. The molecule has 12 heteroatoms. The molecule has 3 rings (SSSR count). The van der Waals surface area contributed by atoms with Crippen LogP contribution in [0.1, 0.15) is 49.5 Å². The summed E-state index contributed by atoms with van der Waals surface area (Å²) in [5.74, 6) is -0.648. The summed E-state index contributed by atoms with van der Waals surface area (Å²) >= 11 is 9.00. The summed E-state index contributed by atoms with van der Waals surface area (Å²) in [5, 5.41) is 2.22. The van der Waals surface area contributed by atoms with Crippen LogP contribution in [-0.4, -0.2) is 54.3 Å². The lowest BCUT2D eigenvalue weighted by atomic mass is 10.2. The molecule has 9 nitrogen and oxygen atoms in total. The third-order valence-electron chi connectivity index (χ3n) is 5.29. The Kier molecular flexibility index (Phi) is 11.5. The summed E-state index contributed by atoms with van der Waals surface area (Å²) < 4.78 is 17.4. The van der Waals surface area contributed by atoms with Crippen LogP contribution in [0.2, 0.25) is 5.02 Å². The molecule has 1 aliphatic rings. The van der Waals surface area contributed by atoms with Gasteiger partial charge in [-0.3, -0.25) is 19.3 Å². The lowest BCUT2D eigenvalue weighted by Crippen LogP contribution is -2.36. The summed E-state index contributed by atoms with van der Waals surface area (Å²) in [6.45, 7) is 6.37. The SMILES string of the molecule is CCCCOC(=O)c1cc(NC(=O)CN2C(=O)S/C(=C/c3cc(I)c(OCC)c(OCC)c3)C2=O)ccc1Cl. The predicted molar refractivity (Wildman–Crippen MR) is 159 cm³/mol. The second kappa shape index (κ2) is 14.6. The van der Waals surface area contributed by atoms with Crippen LogP contribution in [0, 0.1) is 3.57 Å². The minimum atomic E-state index is -0.611. The van der Waals surface area contributed by atoms with E-state index in [0.29, 0.717) is 30.3 Å². The Bertz CT molecular complexity index is 1300. The number of ether oxygens (including phenoxy) is 3. The number of carbonyl (C=O) groups excluding carboxylic acids is 4. The van der Waals surface area contributed by atoms with Crippen molar-refractivity contribution in [1.82, 2.24) is 4.90 Å². The van der Waals surface area contributed by atoms with E-state index in [-0.39, 0.29) is 27.8 Å². The Morgan fingerprint density at radius 1 is 1.10 bits per heavy atom. The van der Waals surface area contributed by atoms with Crippen molar-refractivity contribution in [2.24, 2.45) is 0 Å². The first-order valence-corrected chi connectivity index (χ1v) is 14.6. The maximum absolute atomic E-state index is 13.0. The Morgan fingerprint density at radius 3 is 2.54 bits per heavy atom. The van der Waals surface area contributed by atoms with Gasteiger partial charge >= 0.3 is 5.97 Å². The maximum Gasteiger partial charge on any atom is 0.339 e. The van der Waals surface area contributed by atoms with Crippen molar-refractivity contribution in [3.05, 3.63) is 55.0 Å². The van der Waals surface area contributed by atoms with Crippen LogP contribution in [0.5, 0.6) is 11.5 Å². The van der Waals surface area contributed by atoms with E-state index in [1.165, 1.54) is 18.2 Å². The fourth-order valence-corrected chi connectivity index (χ4v) is 5.31. The van der Waals surface area contributed by atoms with Crippen molar-refractivity contribution < 1.29 is 33.4 Å². The minimum absolute atomic E-state index is 0.107. The average Bonchev–Trinajstić information content (AvgIpc) is 3.14. The van der Waals surface area contributed by atoms with Gasteiger partial charge in [0.15, 0.2) is 11.5 Å². The van der Waals surface area contributed by atoms with Crippen LogP contribution in [-0.2, 0) is 14.3 Å². The van der Waals surface area contributed by atoms with Crippen LogP contribution in [0.15, 0.2) is 35.2 Å². The number of amides is 3. The third kappa shape index (κ3) is 8.12. The van der Waals surface area contributed by atoms with E-state index in [1.807, 2.05) is 26.8 Å². The van der Waals surface area contributed by atoms with Gasteiger partial charge in [0.05, 0.1) is 38.9 Å². The number of nitrogens with zero attached hydrogens (tertiary/aromatic N) is 1. The molecule has 0 aliphatic carbocycles. The van der Waals surface area contributed by atoms with Crippen molar-refractivity contribution in [2.45, 2.75) is 33.6 Å². The van der Waals surface area contributed by atoms with E-state index >= 15 is 0 Å². The molecule has 1 heterocycles. The molecule has 2 aromatic carbocycles. The first kappa shape index (κ1) is 30.8. The molecule has 39 heavy (non-hydrogen) atoms. The molecule has 0 unspecified atom stereocenters. The molecule has 208 valence electrons. The van der Waals surface area contributed by atoms with Crippen molar-refractivity contribution in [3.8, 4) is 11.5 Å². The highest BCUT2D eigenvalue weighted by Gasteiger charge is 2.36. The number of nitrogens with one attached hydrogen (secondary N) is 1. The van der Waals surface area contributed by atoms with E-state index in [9.17, 15) is 19.2 Å². The van der Waals surface area contributed by atoms with Crippen molar-refractivity contribution >= 4 is 80.7 Å². The van der Waals surface area contributed by atoms with E-state index in [2.05, 4.69) is 27.9 Å². The van der Waals surface area contributed by atoms with Gasteiger partial charge < -0.3 is 19.5 Å². The Labute approximate surface area is 249 Å². The molecule has 0 bridgehead atoms. The number of hydrogen-bond donors (Lipinski definition) is 1. The van der Waals surface area contributed by atoms with Crippen LogP contribution < -0.4 is 14.8 Å². The molecule has 1 fully saturated rings. The van der Waals surface area contributed by atoms with Crippen molar-refractivity contribution in [1.29, 1.82) is 0 Å². The van der Waals surface area contributed by atoms with Gasteiger partial charge in [-0.2, -0.15) is 0 Å². The van der Waals surface area contributed by atoms with Gasteiger partial charge in [-0.15, -0.1) is 0 Å². The summed E-state index contributed by atoms with van der Waals surface area (Å²) in [7, 11) is 0. The van der Waals surface area contributed by atoms with Gasteiger partial charge in [-0.05, 0) is 96.6 Å². The summed E-state index contributed by atoms with van der Waals surface area (Å²) in [5.41, 5.74) is 1.04. The van der Waals surface area contributed by atoms with Gasteiger partial charge in [0.25, 0.3) is 11.1 Å². The lowest BCUT2D eigenvalue weighted by molar-refractivity contribution is -0.127. The number of halogens is 2. The van der Waals surface area contributed by atoms with Crippen molar-refractivity contribution in [2.75, 3.05) is 31.7 Å². The molecule has 0 aromatic heterocycles. The van der Waals surface area contributed by atoms with Gasteiger partial charge in [-0.25, -0.2) is 4.79 Å². The fourth-order valence-electron chi connectivity index (χ4n) is 3.50. The first-order chi connectivity index (χ1) is 18.7. The largest absolute Gasteiger partial charge is 0.490 e. The van der Waals surface area contributed by atoms with E-state index < -0.39 is 29.6 Å². The number of thioether (sulfide) groups is 1. The van der Waals surface area contributed by atoms with Crippen LogP contribution in [0.3, 0.4) is 0 Å². The molecule has 1 aliphatic heterocycles. The zero-order valence-electron chi connectivity index (χ0n) is 21.7. The third-order valence-corrected chi connectivity index (χ3v) is 7.33. The molecule has 0 spiro atoms. The molecule has 3 amide bonds. The van der Waals surface area contributed by atoms with Crippen LogP contribution in [0.25, 0.3) is 6.08 Å². The number of unbranched alkanes of at least 4 members (excludes halogenated alkanes) is 1. The molecule has 1 saturated heterocycles. The van der Waals surface area contributed by atoms with E-state index in [1.54, 1.807) is 12.1 Å². The smallest absolute Gasteiger partial charge is 0.339 e. The number of rotatable bonds is 12. The Hall–Kier alpha value is -2.77. The number of carbonyl (C=O) groups is 4. The monoisotopic (exact) mass is 686 g/mol. The molecule has 0 saturated carbocycles. The number of benzene rings is 2. The second-order valence-corrected chi connectivity index (χ2v) is 10.8. The summed E-state index contributed by atoms with van der Waals surface area (Å²) in [6, 6.07) is 7.93. The molecule has 2 aromatic rings. The molecule has 0 radical (unpaired) electrons. The van der Waals surface area contributed by atoms with Crippen LogP contribution in [0.4, 0.5) is 10.5 Å². The summed E-state index contributed by atoms with van der Waals surface area (Å²) in [6.07, 6.45) is 3.17. The predicted octanol–water partition coefficient (Wildman–Crippen LogP) is 6.37. The average molecular weight is 687 g/mol. The molecule has 1 N–H and O–H groups in total. The molecular formula is C27H28ClIN2O7S. The zero-order valence-corrected chi connectivity index (χ0v) is 25.4. The minimum Gasteiger partial charge on any atom is -0.490 e. The normalized spacial score (nSPS) is 14.1. The van der Waals surface area contributed by atoms with Crippen LogP contribution >= 0.6 is 46.0 Å². The van der Waals surface area contributed by atoms with Gasteiger partial charge in [0, 0.05) is 5.69 Å². The van der Waals surface area contributed by atoms with Gasteiger partial charge in [0.2, 0.25) is 5.91 Å².